The molecule has 0 radical (unpaired) electrons. The maximum absolute atomic E-state index is 6.16. The number of benzene rings is 2. The Kier molecular flexibility index (Phi) is 3.68. The highest BCUT2D eigenvalue weighted by molar-refractivity contribution is 9.10. The quantitative estimate of drug-likeness (QED) is 0.628. The number of nitrogens with two attached hydrogens (primary N) is 1. The molecule has 1 heterocycles. The van der Waals surface area contributed by atoms with E-state index in [2.05, 4.69) is 34.3 Å². The molecular formula is C16H15BrClN3. The van der Waals surface area contributed by atoms with Gasteiger partial charge in [0.05, 0.1) is 11.0 Å². The third kappa shape index (κ3) is 2.54. The average molecular weight is 365 g/mol. The van der Waals surface area contributed by atoms with Crippen molar-refractivity contribution >= 4 is 44.3 Å². The molecule has 0 aliphatic rings. The first-order chi connectivity index (χ1) is 9.97. The molecule has 0 amide bonds. The van der Waals surface area contributed by atoms with Crippen LogP contribution in [0.3, 0.4) is 0 Å². The monoisotopic (exact) mass is 363 g/mol. The number of rotatable bonds is 2. The van der Waals surface area contributed by atoms with Crippen LogP contribution in [0.1, 0.15) is 19.9 Å². The van der Waals surface area contributed by atoms with Gasteiger partial charge in [0, 0.05) is 26.8 Å². The summed E-state index contributed by atoms with van der Waals surface area (Å²) in [5.41, 5.74) is 9.74. The predicted molar refractivity (Wildman–Crippen MR) is 92.7 cm³/mol. The van der Waals surface area contributed by atoms with Crippen molar-refractivity contribution in [2.45, 2.75) is 19.9 Å². The van der Waals surface area contributed by atoms with Crippen LogP contribution in [0.5, 0.6) is 0 Å². The van der Waals surface area contributed by atoms with Crippen LogP contribution in [0.2, 0.25) is 5.02 Å². The summed E-state index contributed by atoms with van der Waals surface area (Å²) in [6, 6.07) is 11.9. The SMILES string of the molecule is CC(C)n1c(-c2ccc(Br)cc2N)nc2ccc(Cl)cc21. The number of anilines is 1. The Hall–Kier alpha value is -1.52. The van der Waals surface area contributed by atoms with Gasteiger partial charge < -0.3 is 10.3 Å². The summed E-state index contributed by atoms with van der Waals surface area (Å²) < 4.78 is 3.12. The van der Waals surface area contributed by atoms with E-state index in [4.69, 9.17) is 22.3 Å². The zero-order valence-electron chi connectivity index (χ0n) is 11.8. The van der Waals surface area contributed by atoms with Gasteiger partial charge in [0.2, 0.25) is 0 Å². The van der Waals surface area contributed by atoms with Gasteiger partial charge in [-0.15, -0.1) is 0 Å². The van der Waals surface area contributed by atoms with Crippen LogP contribution in [0.15, 0.2) is 40.9 Å². The molecule has 0 unspecified atom stereocenters. The van der Waals surface area contributed by atoms with Gasteiger partial charge in [-0.05, 0) is 50.2 Å². The molecule has 0 aliphatic heterocycles. The number of hydrogen-bond acceptors (Lipinski definition) is 2. The van der Waals surface area contributed by atoms with E-state index in [9.17, 15) is 0 Å². The highest BCUT2D eigenvalue weighted by Gasteiger charge is 2.17. The van der Waals surface area contributed by atoms with Gasteiger partial charge in [-0.1, -0.05) is 27.5 Å². The van der Waals surface area contributed by atoms with Gasteiger partial charge in [0.1, 0.15) is 5.82 Å². The molecule has 0 aliphatic carbocycles. The summed E-state index contributed by atoms with van der Waals surface area (Å²) in [6.07, 6.45) is 0. The molecule has 5 heteroatoms. The number of halogens is 2. The van der Waals surface area contributed by atoms with Crippen LogP contribution in [0.25, 0.3) is 22.4 Å². The minimum atomic E-state index is 0.256. The number of nitrogens with zero attached hydrogens (tertiary/aromatic N) is 2. The molecule has 1 aromatic heterocycles. The molecule has 2 aromatic carbocycles. The van der Waals surface area contributed by atoms with Crippen molar-refractivity contribution in [2.75, 3.05) is 5.73 Å². The number of nitrogen functional groups attached to an aromatic ring is 1. The Morgan fingerprint density at radius 1 is 1.19 bits per heavy atom. The Balaban J connectivity index is 2.34. The first kappa shape index (κ1) is 14.4. The molecular weight excluding hydrogens is 350 g/mol. The van der Waals surface area contributed by atoms with Crippen molar-refractivity contribution in [3.63, 3.8) is 0 Å². The first-order valence-electron chi connectivity index (χ1n) is 6.70. The molecule has 3 aromatic rings. The van der Waals surface area contributed by atoms with E-state index in [1.807, 2.05) is 36.4 Å². The second-order valence-electron chi connectivity index (χ2n) is 5.26. The molecule has 0 fully saturated rings. The lowest BCUT2D eigenvalue weighted by Crippen LogP contribution is -2.04. The van der Waals surface area contributed by atoms with Crippen molar-refractivity contribution in [1.29, 1.82) is 0 Å². The minimum absolute atomic E-state index is 0.256. The molecule has 2 N–H and O–H groups in total. The molecule has 21 heavy (non-hydrogen) atoms. The zero-order chi connectivity index (χ0) is 15.1. The van der Waals surface area contributed by atoms with E-state index < -0.39 is 0 Å². The maximum Gasteiger partial charge on any atom is 0.143 e. The topological polar surface area (TPSA) is 43.8 Å². The van der Waals surface area contributed by atoms with E-state index in [1.165, 1.54) is 0 Å². The highest BCUT2D eigenvalue weighted by Crippen LogP contribution is 2.33. The second kappa shape index (κ2) is 5.35. The molecule has 0 spiro atoms. The van der Waals surface area contributed by atoms with E-state index in [0.717, 1.165) is 26.9 Å². The van der Waals surface area contributed by atoms with Crippen LogP contribution in [0, 0.1) is 0 Å². The third-order valence-electron chi connectivity index (χ3n) is 3.42. The fourth-order valence-corrected chi connectivity index (χ4v) is 3.06. The first-order valence-corrected chi connectivity index (χ1v) is 7.87. The largest absolute Gasteiger partial charge is 0.398 e. The van der Waals surface area contributed by atoms with Gasteiger partial charge >= 0.3 is 0 Å². The molecule has 108 valence electrons. The standard InChI is InChI=1S/C16H15BrClN3/c1-9(2)21-15-8-11(18)4-6-14(15)20-16(21)12-5-3-10(17)7-13(12)19/h3-9H,19H2,1-2H3. The lowest BCUT2D eigenvalue weighted by Gasteiger charge is -2.14. The van der Waals surface area contributed by atoms with E-state index in [-0.39, 0.29) is 6.04 Å². The van der Waals surface area contributed by atoms with Crippen molar-refractivity contribution in [2.24, 2.45) is 0 Å². The van der Waals surface area contributed by atoms with Gasteiger partial charge in [-0.3, -0.25) is 0 Å². The van der Waals surface area contributed by atoms with E-state index >= 15 is 0 Å². The number of hydrogen-bond donors (Lipinski definition) is 1. The van der Waals surface area contributed by atoms with Crippen molar-refractivity contribution in [1.82, 2.24) is 9.55 Å². The summed E-state index contributed by atoms with van der Waals surface area (Å²) in [4.78, 5) is 4.74. The van der Waals surface area contributed by atoms with Gasteiger partial charge in [0.25, 0.3) is 0 Å². The Bertz CT molecular complexity index is 824. The molecule has 0 saturated heterocycles. The number of aromatic nitrogens is 2. The molecule has 0 saturated carbocycles. The summed E-state index contributed by atoms with van der Waals surface area (Å²) in [7, 11) is 0. The van der Waals surface area contributed by atoms with Crippen LogP contribution < -0.4 is 5.73 Å². The van der Waals surface area contributed by atoms with E-state index in [0.29, 0.717) is 10.7 Å². The summed E-state index contributed by atoms with van der Waals surface area (Å²) in [6.45, 7) is 4.25. The fraction of sp³-hybridized carbons (Fsp3) is 0.188. The van der Waals surface area contributed by atoms with Crippen LogP contribution in [-0.4, -0.2) is 9.55 Å². The Labute approximate surface area is 136 Å². The molecule has 3 nitrogen and oxygen atoms in total. The van der Waals surface area contributed by atoms with E-state index in [1.54, 1.807) is 0 Å². The molecule has 0 atom stereocenters. The van der Waals surface area contributed by atoms with Gasteiger partial charge in [0.15, 0.2) is 0 Å². The van der Waals surface area contributed by atoms with Crippen LogP contribution in [0.4, 0.5) is 5.69 Å². The molecule has 0 bridgehead atoms. The third-order valence-corrected chi connectivity index (χ3v) is 4.15. The summed E-state index contributed by atoms with van der Waals surface area (Å²) in [5.74, 6) is 0.868. The van der Waals surface area contributed by atoms with Crippen LogP contribution >= 0.6 is 27.5 Å². The lowest BCUT2D eigenvalue weighted by atomic mass is 10.1. The summed E-state index contributed by atoms with van der Waals surface area (Å²) >= 11 is 9.57. The van der Waals surface area contributed by atoms with Crippen molar-refractivity contribution in [3.8, 4) is 11.4 Å². The fourth-order valence-electron chi connectivity index (χ4n) is 2.52. The smallest absolute Gasteiger partial charge is 0.143 e. The second-order valence-corrected chi connectivity index (χ2v) is 6.62. The van der Waals surface area contributed by atoms with Gasteiger partial charge in [-0.25, -0.2) is 4.98 Å². The number of fused-ring (bicyclic) bond motifs is 1. The average Bonchev–Trinajstić information content (AvgIpc) is 2.76. The zero-order valence-corrected chi connectivity index (χ0v) is 14.1. The van der Waals surface area contributed by atoms with Crippen molar-refractivity contribution < 1.29 is 0 Å². The van der Waals surface area contributed by atoms with Crippen LogP contribution in [-0.2, 0) is 0 Å². The number of imidazole rings is 1. The Morgan fingerprint density at radius 2 is 1.95 bits per heavy atom. The Morgan fingerprint density at radius 3 is 2.62 bits per heavy atom. The predicted octanol–water partition coefficient (Wildman–Crippen LogP) is 5.28. The summed E-state index contributed by atoms with van der Waals surface area (Å²) in [5, 5.41) is 0.708. The molecule has 3 rings (SSSR count). The highest BCUT2D eigenvalue weighted by atomic mass is 79.9. The normalized spacial score (nSPS) is 11.5. The lowest BCUT2D eigenvalue weighted by molar-refractivity contribution is 0.624. The van der Waals surface area contributed by atoms with Gasteiger partial charge in [-0.2, -0.15) is 0 Å². The maximum atomic E-state index is 6.16. The minimum Gasteiger partial charge on any atom is -0.398 e. The van der Waals surface area contributed by atoms with Crippen molar-refractivity contribution in [3.05, 3.63) is 45.9 Å².